The minimum Gasteiger partial charge on any atom is -0.396 e. The first-order valence-corrected chi connectivity index (χ1v) is 7.38. The maximum absolute atomic E-state index is 12.1. The van der Waals surface area contributed by atoms with E-state index in [2.05, 4.69) is 26.3 Å². The third kappa shape index (κ3) is 4.95. The van der Waals surface area contributed by atoms with E-state index in [1.807, 2.05) is 20.8 Å². The molecule has 6 heteroatoms. The van der Waals surface area contributed by atoms with Crippen LogP contribution in [0, 0.1) is 5.92 Å². The minimum atomic E-state index is -0.118. The molecule has 0 aliphatic rings. The van der Waals surface area contributed by atoms with E-state index in [4.69, 9.17) is 5.11 Å². The molecule has 0 spiro atoms. The minimum absolute atomic E-state index is 0.118. The lowest BCUT2D eigenvalue weighted by atomic mass is 10.2. The summed E-state index contributed by atoms with van der Waals surface area (Å²) in [6.07, 6.45) is 3.25. The van der Waals surface area contributed by atoms with Crippen molar-refractivity contribution in [1.82, 2.24) is 9.78 Å². The van der Waals surface area contributed by atoms with Crippen molar-refractivity contribution in [2.24, 2.45) is 5.92 Å². The predicted molar refractivity (Wildman–Crippen MR) is 80.4 cm³/mol. The molecule has 0 aromatic carbocycles. The van der Waals surface area contributed by atoms with E-state index in [1.54, 1.807) is 6.20 Å². The van der Waals surface area contributed by atoms with Crippen LogP contribution in [0.15, 0.2) is 15.5 Å². The molecule has 1 atom stereocenters. The van der Waals surface area contributed by atoms with Gasteiger partial charge in [-0.2, -0.15) is 5.10 Å². The number of nitrogens with zero attached hydrogens (tertiary/aromatic N) is 2. The molecule has 0 radical (unpaired) electrons. The van der Waals surface area contributed by atoms with Gasteiger partial charge in [0.05, 0.1) is 11.9 Å². The Hall–Kier alpha value is -0.880. The zero-order chi connectivity index (χ0) is 14.4. The van der Waals surface area contributed by atoms with E-state index in [1.165, 1.54) is 4.68 Å². The maximum atomic E-state index is 12.1. The Bertz CT molecular complexity index is 460. The van der Waals surface area contributed by atoms with E-state index >= 15 is 0 Å². The number of aliphatic hydroxyl groups is 1. The van der Waals surface area contributed by atoms with Gasteiger partial charge in [0.2, 0.25) is 0 Å². The second-order valence-electron chi connectivity index (χ2n) is 5.16. The summed E-state index contributed by atoms with van der Waals surface area (Å²) >= 11 is 3.33. The summed E-state index contributed by atoms with van der Waals surface area (Å²) in [6.45, 7) is 6.90. The summed E-state index contributed by atoms with van der Waals surface area (Å²) in [6, 6.07) is 0.186. The molecule has 19 heavy (non-hydrogen) atoms. The van der Waals surface area contributed by atoms with Gasteiger partial charge in [0, 0.05) is 19.2 Å². The predicted octanol–water partition coefficient (Wildman–Crippen LogP) is 2.23. The van der Waals surface area contributed by atoms with Gasteiger partial charge in [-0.05, 0) is 41.6 Å². The molecule has 0 bridgehead atoms. The summed E-state index contributed by atoms with van der Waals surface area (Å²) in [5, 5.41) is 16.2. The van der Waals surface area contributed by atoms with Crippen LogP contribution in [0.1, 0.15) is 33.6 Å². The molecule has 1 aromatic heterocycles. The van der Waals surface area contributed by atoms with Crippen LogP contribution in [-0.4, -0.2) is 27.5 Å². The molecular weight excluding hydrogens is 310 g/mol. The zero-order valence-electron chi connectivity index (χ0n) is 11.7. The molecule has 0 amide bonds. The van der Waals surface area contributed by atoms with E-state index in [0.717, 1.165) is 12.8 Å². The van der Waals surface area contributed by atoms with Crippen molar-refractivity contribution in [2.75, 3.05) is 11.9 Å². The lowest BCUT2D eigenvalue weighted by Crippen LogP contribution is -2.27. The quantitative estimate of drug-likeness (QED) is 0.804. The highest BCUT2D eigenvalue weighted by Crippen LogP contribution is 2.18. The Kier molecular flexibility index (Phi) is 6.51. The van der Waals surface area contributed by atoms with Gasteiger partial charge in [-0.25, -0.2) is 4.68 Å². The largest absolute Gasteiger partial charge is 0.396 e. The summed E-state index contributed by atoms with van der Waals surface area (Å²) in [7, 11) is 0. The monoisotopic (exact) mass is 331 g/mol. The number of rotatable bonds is 7. The zero-order valence-corrected chi connectivity index (χ0v) is 13.3. The van der Waals surface area contributed by atoms with Crippen molar-refractivity contribution in [3.05, 3.63) is 21.0 Å². The Morgan fingerprint density at radius 1 is 1.47 bits per heavy atom. The first-order chi connectivity index (χ1) is 8.95. The smallest absolute Gasteiger partial charge is 0.283 e. The molecular formula is C13H22BrN3O2. The van der Waals surface area contributed by atoms with Crippen molar-refractivity contribution in [3.8, 4) is 0 Å². The van der Waals surface area contributed by atoms with Crippen LogP contribution in [0.3, 0.4) is 0 Å². The lowest BCUT2D eigenvalue weighted by molar-refractivity contribution is 0.282. The number of hydrogen-bond acceptors (Lipinski definition) is 4. The Morgan fingerprint density at radius 3 is 2.74 bits per heavy atom. The van der Waals surface area contributed by atoms with E-state index < -0.39 is 0 Å². The van der Waals surface area contributed by atoms with Crippen LogP contribution in [0.2, 0.25) is 0 Å². The van der Waals surface area contributed by atoms with Crippen LogP contribution in [0.4, 0.5) is 5.69 Å². The highest BCUT2D eigenvalue weighted by molar-refractivity contribution is 9.10. The average Bonchev–Trinajstić information content (AvgIpc) is 2.35. The molecule has 108 valence electrons. The fourth-order valence-electron chi connectivity index (χ4n) is 1.78. The molecule has 2 N–H and O–H groups in total. The Balaban J connectivity index is 2.81. The van der Waals surface area contributed by atoms with Crippen LogP contribution < -0.4 is 10.9 Å². The van der Waals surface area contributed by atoms with Crippen LogP contribution in [0.5, 0.6) is 0 Å². The molecule has 1 aromatic rings. The number of nitrogens with one attached hydrogen (secondary N) is 1. The van der Waals surface area contributed by atoms with Crippen LogP contribution in [0.25, 0.3) is 0 Å². The summed E-state index contributed by atoms with van der Waals surface area (Å²) in [4.78, 5) is 12.1. The maximum Gasteiger partial charge on any atom is 0.283 e. The molecule has 1 heterocycles. The van der Waals surface area contributed by atoms with E-state index in [9.17, 15) is 4.79 Å². The Morgan fingerprint density at radius 2 is 2.16 bits per heavy atom. The second kappa shape index (κ2) is 7.65. The van der Waals surface area contributed by atoms with Crippen LogP contribution >= 0.6 is 15.9 Å². The number of hydrogen-bond donors (Lipinski definition) is 2. The number of anilines is 1. The van der Waals surface area contributed by atoms with Gasteiger partial charge < -0.3 is 10.4 Å². The molecule has 0 saturated carbocycles. The normalized spacial score (nSPS) is 12.7. The first-order valence-electron chi connectivity index (χ1n) is 6.58. The summed E-state index contributed by atoms with van der Waals surface area (Å²) < 4.78 is 1.98. The highest BCUT2D eigenvalue weighted by atomic mass is 79.9. The highest BCUT2D eigenvalue weighted by Gasteiger charge is 2.11. The third-order valence-corrected chi connectivity index (χ3v) is 3.49. The van der Waals surface area contributed by atoms with Crippen molar-refractivity contribution in [2.45, 2.75) is 46.2 Å². The van der Waals surface area contributed by atoms with Crippen molar-refractivity contribution in [3.63, 3.8) is 0 Å². The van der Waals surface area contributed by atoms with Gasteiger partial charge in [0.1, 0.15) is 4.47 Å². The van der Waals surface area contributed by atoms with E-state index in [-0.39, 0.29) is 18.2 Å². The summed E-state index contributed by atoms with van der Waals surface area (Å²) in [5.41, 5.74) is 0.587. The molecule has 1 rings (SSSR count). The Labute approximate surface area is 122 Å². The topological polar surface area (TPSA) is 67.2 Å². The number of aromatic nitrogens is 2. The lowest BCUT2D eigenvalue weighted by Gasteiger charge is -2.16. The van der Waals surface area contributed by atoms with Crippen molar-refractivity contribution >= 4 is 21.6 Å². The van der Waals surface area contributed by atoms with Gasteiger partial charge in [-0.3, -0.25) is 4.79 Å². The third-order valence-electron chi connectivity index (χ3n) is 2.72. The number of aliphatic hydroxyl groups excluding tert-OH is 1. The van der Waals surface area contributed by atoms with Crippen molar-refractivity contribution < 1.29 is 5.11 Å². The second-order valence-corrected chi connectivity index (χ2v) is 5.96. The molecule has 0 fully saturated rings. The van der Waals surface area contributed by atoms with Gasteiger partial charge in [0.15, 0.2) is 0 Å². The van der Waals surface area contributed by atoms with Gasteiger partial charge >= 0.3 is 0 Å². The molecule has 0 aliphatic heterocycles. The molecule has 5 nitrogen and oxygen atoms in total. The standard InChI is InChI=1S/C13H22BrN3O2/c1-9(2)8-17-13(19)12(14)11(7-15-17)16-10(3)5-4-6-18/h7,9-10,16,18H,4-6,8H2,1-3H3. The molecule has 0 saturated heterocycles. The average molecular weight is 332 g/mol. The first kappa shape index (κ1) is 16.2. The van der Waals surface area contributed by atoms with E-state index in [0.29, 0.717) is 22.6 Å². The SMILES string of the molecule is CC(C)Cn1ncc(NC(C)CCCO)c(Br)c1=O. The van der Waals surface area contributed by atoms with Crippen LogP contribution in [-0.2, 0) is 6.54 Å². The number of halogens is 1. The molecule has 1 unspecified atom stereocenters. The van der Waals surface area contributed by atoms with Gasteiger partial charge in [0.25, 0.3) is 5.56 Å². The summed E-state index contributed by atoms with van der Waals surface area (Å²) in [5.74, 6) is 0.374. The fraction of sp³-hybridized carbons (Fsp3) is 0.692. The fourth-order valence-corrected chi connectivity index (χ4v) is 2.20. The van der Waals surface area contributed by atoms with Crippen molar-refractivity contribution in [1.29, 1.82) is 0 Å². The van der Waals surface area contributed by atoms with Gasteiger partial charge in [-0.1, -0.05) is 13.8 Å². The molecule has 0 aliphatic carbocycles. The van der Waals surface area contributed by atoms with Gasteiger partial charge in [-0.15, -0.1) is 0 Å².